The van der Waals surface area contributed by atoms with Gasteiger partial charge in [-0.15, -0.1) is 0 Å². The monoisotopic (exact) mass is 232 g/mol. The van der Waals surface area contributed by atoms with Crippen molar-refractivity contribution in [3.8, 4) is 0 Å². The van der Waals surface area contributed by atoms with E-state index in [2.05, 4.69) is 0 Å². The second-order valence-electron chi connectivity index (χ2n) is 3.49. The Morgan fingerprint density at radius 1 is 1.24 bits per heavy atom. The molecule has 0 aliphatic heterocycles. The zero-order valence-corrected chi connectivity index (χ0v) is 10.1. The Labute approximate surface area is 101 Å². The molecule has 0 fully saturated rings. The zero-order valence-electron chi connectivity index (χ0n) is 10.1. The van der Waals surface area contributed by atoms with Gasteiger partial charge in [0.2, 0.25) is 0 Å². The first-order chi connectivity index (χ1) is 8.22. The Kier molecular flexibility index (Phi) is 5.14. The highest BCUT2D eigenvalue weighted by atomic mass is 16.5. The summed E-state index contributed by atoms with van der Waals surface area (Å²) >= 11 is 0. The molecule has 0 aliphatic rings. The second-order valence-corrected chi connectivity index (χ2v) is 3.49. The molecule has 3 heteroatoms. The highest BCUT2D eigenvalue weighted by Crippen LogP contribution is 2.14. The summed E-state index contributed by atoms with van der Waals surface area (Å²) in [5.41, 5.74) is 1.89. The number of esters is 1. The van der Waals surface area contributed by atoms with Gasteiger partial charge in [0.25, 0.3) is 0 Å². The molecule has 0 N–H and O–H groups in total. The van der Waals surface area contributed by atoms with Gasteiger partial charge in [-0.1, -0.05) is 31.2 Å². The number of hydrogen-bond donors (Lipinski definition) is 0. The van der Waals surface area contributed by atoms with Gasteiger partial charge in [-0.25, -0.2) is 4.79 Å². The van der Waals surface area contributed by atoms with E-state index >= 15 is 0 Å². The highest BCUT2D eigenvalue weighted by Gasteiger charge is 2.09. The molecule has 0 aliphatic carbocycles. The van der Waals surface area contributed by atoms with Crippen molar-refractivity contribution in [2.45, 2.75) is 20.3 Å². The summed E-state index contributed by atoms with van der Waals surface area (Å²) in [7, 11) is 0. The normalized spacial score (nSPS) is 11.1. The van der Waals surface area contributed by atoms with E-state index < -0.39 is 0 Å². The predicted molar refractivity (Wildman–Crippen MR) is 66.7 cm³/mol. The number of rotatable bonds is 5. The van der Waals surface area contributed by atoms with Gasteiger partial charge >= 0.3 is 5.97 Å². The van der Waals surface area contributed by atoms with E-state index in [4.69, 9.17) is 4.74 Å². The van der Waals surface area contributed by atoms with E-state index in [9.17, 15) is 9.59 Å². The lowest BCUT2D eigenvalue weighted by Crippen LogP contribution is -2.07. The maximum Gasteiger partial charge on any atom is 0.333 e. The van der Waals surface area contributed by atoms with Crippen LogP contribution in [0.25, 0.3) is 6.08 Å². The average Bonchev–Trinajstić information content (AvgIpc) is 2.36. The summed E-state index contributed by atoms with van der Waals surface area (Å²) in [6, 6.07) is 7.14. The van der Waals surface area contributed by atoms with Crippen LogP contribution in [0.4, 0.5) is 0 Å². The smallest absolute Gasteiger partial charge is 0.333 e. The first-order valence-electron chi connectivity index (χ1n) is 5.64. The van der Waals surface area contributed by atoms with E-state index in [-0.39, 0.29) is 5.97 Å². The van der Waals surface area contributed by atoms with E-state index in [0.29, 0.717) is 24.2 Å². The molecule has 90 valence electrons. The number of carbonyl (C=O) groups excluding carboxylic acids is 2. The SMILES string of the molecule is CCOC(=O)/C(=C/c1ccccc1C=O)CC. The Balaban J connectivity index is 3.05. The van der Waals surface area contributed by atoms with Crippen LogP contribution in [0.2, 0.25) is 0 Å². The third kappa shape index (κ3) is 3.55. The number of hydrogen-bond acceptors (Lipinski definition) is 3. The first kappa shape index (κ1) is 13.2. The molecule has 1 rings (SSSR count). The lowest BCUT2D eigenvalue weighted by Gasteiger charge is -2.05. The molecule has 0 heterocycles. The minimum atomic E-state index is -0.323. The fourth-order valence-electron chi connectivity index (χ4n) is 1.47. The van der Waals surface area contributed by atoms with Gasteiger partial charge in [-0.3, -0.25) is 4.79 Å². The average molecular weight is 232 g/mol. The van der Waals surface area contributed by atoms with Gasteiger partial charge in [0.15, 0.2) is 6.29 Å². The number of ether oxygens (including phenoxy) is 1. The fourth-order valence-corrected chi connectivity index (χ4v) is 1.47. The van der Waals surface area contributed by atoms with Crippen LogP contribution in [0.5, 0.6) is 0 Å². The molecule has 0 amide bonds. The topological polar surface area (TPSA) is 43.4 Å². The minimum absolute atomic E-state index is 0.323. The molecule has 0 spiro atoms. The zero-order chi connectivity index (χ0) is 12.7. The first-order valence-corrected chi connectivity index (χ1v) is 5.64. The number of aldehydes is 1. The van der Waals surface area contributed by atoms with Gasteiger partial charge in [0.1, 0.15) is 0 Å². The molecule has 1 aromatic rings. The lowest BCUT2D eigenvalue weighted by molar-refractivity contribution is -0.138. The molecule has 0 radical (unpaired) electrons. The molecular formula is C14H16O3. The molecule has 3 nitrogen and oxygen atoms in total. The minimum Gasteiger partial charge on any atom is -0.463 e. The molecule has 0 saturated heterocycles. The number of benzene rings is 1. The summed E-state index contributed by atoms with van der Waals surface area (Å²) in [5.74, 6) is -0.323. The summed E-state index contributed by atoms with van der Waals surface area (Å²) in [6.07, 6.45) is 3.07. The standard InChI is InChI=1S/C14H16O3/c1-3-11(14(16)17-4-2)9-12-7-5-6-8-13(12)10-15/h5-10H,3-4H2,1-2H3/b11-9+. The van der Waals surface area contributed by atoms with Crippen LogP contribution in [0.1, 0.15) is 36.2 Å². The Morgan fingerprint density at radius 2 is 1.88 bits per heavy atom. The number of carbonyl (C=O) groups is 2. The molecule has 0 unspecified atom stereocenters. The van der Waals surface area contributed by atoms with Crippen LogP contribution >= 0.6 is 0 Å². The third-order valence-corrected chi connectivity index (χ3v) is 2.37. The van der Waals surface area contributed by atoms with E-state index in [0.717, 1.165) is 11.8 Å². The van der Waals surface area contributed by atoms with Crippen LogP contribution in [0, 0.1) is 0 Å². The Bertz CT molecular complexity index is 433. The van der Waals surface area contributed by atoms with E-state index in [1.54, 1.807) is 31.2 Å². The molecule has 0 atom stereocenters. The Hall–Kier alpha value is -1.90. The predicted octanol–water partition coefficient (Wildman–Crippen LogP) is 2.86. The molecule has 0 aromatic heterocycles. The van der Waals surface area contributed by atoms with Gasteiger partial charge in [-0.05, 0) is 25.0 Å². The summed E-state index contributed by atoms with van der Waals surface area (Å²) in [5, 5.41) is 0. The summed E-state index contributed by atoms with van der Waals surface area (Å²) in [4.78, 5) is 22.4. The molecule has 1 aromatic carbocycles. The van der Waals surface area contributed by atoms with Gasteiger partial charge in [0.05, 0.1) is 6.61 Å². The maximum absolute atomic E-state index is 11.6. The fraction of sp³-hybridized carbons (Fsp3) is 0.286. The van der Waals surface area contributed by atoms with Crippen molar-refractivity contribution in [1.82, 2.24) is 0 Å². The second kappa shape index (κ2) is 6.63. The summed E-state index contributed by atoms with van der Waals surface area (Å²) < 4.78 is 4.95. The quantitative estimate of drug-likeness (QED) is 0.445. The van der Waals surface area contributed by atoms with Crippen molar-refractivity contribution in [3.63, 3.8) is 0 Å². The van der Waals surface area contributed by atoms with Gasteiger partial charge < -0.3 is 4.74 Å². The Morgan fingerprint density at radius 3 is 2.41 bits per heavy atom. The van der Waals surface area contributed by atoms with Crippen molar-refractivity contribution >= 4 is 18.3 Å². The van der Waals surface area contributed by atoms with Crippen LogP contribution in [0.3, 0.4) is 0 Å². The van der Waals surface area contributed by atoms with Gasteiger partial charge in [0, 0.05) is 11.1 Å². The van der Waals surface area contributed by atoms with Crippen LogP contribution < -0.4 is 0 Å². The van der Waals surface area contributed by atoms with Gasteiger partial charge in [-0.2, -0.15) is 0 Å². The summed E-state index contributed by atoms with van der Waals surface area (Å²) in [6.45, 7) is 4.00. The lowest BCUT2D eigenvalue weighted by atomic mass is 10.0. The van der Waals surface area contributed by atoms with Crippen molar-refractivity contribution in [2.24, 2.45) is 0 Å². The maximum atomic E-state index is 11.6. The molecule has 0 saturated carbocycles. The van der Waals surface area contributed by atoms with Crippen molar-refractivity contribution < 1.29 is 14.3 Å². The third-order valence-electron chi connectivity index (χ3n) is 2.37. The van der Waals surface area contributed by atoms with Crippen LogP contribution in [-0.2, 0) is 9.53 Å². The molecule has 17 heavy (non-hydrogen) atoms. The van der Waals surface area contributed by atoms with Crippen molar-refractivity contribution in [1.29, 1.82) is 0 Å². The van der Waals surface area contributed by atoms with E-state index in [1.807, 2.05) is 13.0 Å². The molecule has 0 bridgehead atoms. The highest BCUT2D eigenvalue weighted by molar-refractivity contribution is 5.95. The van der Waals surface area contributed by atoms with Crippen molar-refractivity contribution in [3.05, 3.63) is 41.0 Å². The molecular weight excluding hydrogens is 216 g/mol. The van der Waals surface area contributed by atoms with Crippen LogP contribution in [-0.4, -0.2) is 18.9 Å². The largest absolute Gasteiger partial charge is 0.463 e. The van der Waals surface area contributed by atoms with E-state index in [1.165, 1.54) is 0 Å². The van der Waals surface area contributed by atoms with Crippen LogP contribution in [0.15, 0.2) is 29.8 Å². The van der Waals surface area contributed by atoms with Crippen molar-refractivity contribution in [2.75, 3.05) is 6.61 Å².